The van der Waals surface area contributed by atoms with Gasteiger partial charge in [-0.1, -0.05) is 23.2 Å². The van der Waals surface area contributed by atoms with E-state index in [1.165, 1.54) is 0 Å². The van der Waals surface area contributed by atoms with Crippen molar-refractivity contribution in [2.75, 3.05) is 40.0 Å². The fourth-order valence-electron chi connectivity index (χ4n) is 2.86. The van der Waals surface area contributed by atoms with Gasteiger partial charge in [0, 0.05) is 24.1 Å². The average molecular weight is 375 g/mol. The Balaban J connectivity index is 1.74. The highest BCUT2D eigenvalue weighted by Gasteiger charge is 2.32. The van der Waals surface area contributed by atoms with E-state index in [0.29, 0.717) is 28.9 Å². The molecule has 0 saturated carbocycles. The Morgan fingerprint density at radius 1 is 1.33 bits per heavy atom. The Morgan fingerprint density at radius 2 is 2.08 bits per heavy atom. The molecule has 1 aromatic carbocycles. The molecular formula is C17H24Cl2N2O3. The average Bonchev–Trinajstić information content (AvgIpc) is 2.56. The molecule has 1 fully saturated rings. The first-order valence-electron chi connectivity index (χ1n) is 8.09. The number of benzene rings is 1. The number of rotatable bonds is 8. The van der Waals surface area contributed by atoms with Gasteiger partial charge in [0.15, 0.2) is 0 Å². The third kappa shape index (κ3) is 5.81. The van der Waals surface area contributed by atoms with Crippen molar-refractivity contribution in [2.24, 2.45) is 5.41 Å². The van der Waals surface area contributed by atoms with Gasteiger partial charge in [-0.15, -0.1) is 0 Å². The van der Waals surface area contributed by atoms with E-state index in [9.17, 15) is 4.79 Å². The second kappa shape index (κ2) is 9.47. The smallest absolute Gasteiger partial charge is 0.223 e. The molecule has 1 aromatic rings. The highest BCUT2D eigenvalue weighted by atomic mass is 35.5. The van der Waals surface area contributed by atoms with E-state index >= 15 is 0 Å². The maximum Gasteiger partial charge on any atom is 0.223 e. The first-order chi connectivity index (χ1) is 11.5. The summed E-state index contributed by atoms with van der Waals surface area (Å²) in [4.78, 5) is 12.1. The van der Waals surface area contributed by atoms with Crippen molar-refractivity contribution in [3.8, 4) is 5.75 Å². The molecule has 1 amide bonds. The van der Waals surface area contributed by atoms with Gasteiger partial charge >= 0.3 is 0 Å². The lowest BCUT2D eigenvalue weighted by Crippen LogP contribution is -2.47. The Hall–Kier alpha value is -1.01. The topological polar surface area (TPSA) is 59.6 Å². The fourth-order valence-corrected chi connectivity index (χ4v) is 3.32. The number of carbonyl (C=O) groups excluding carboxylic acids is 1. The third-order valence-corrected chi connectivity index (χ3v) is 4.79. The van der Waals surface area contributed by atoms with E-state index in [-0.39, 0.29) is 24.3 Å². The number of amides is 1. The molecule has 1 aliphatic heterocycles. The van der Waals surface area contributed by atoms with Crippen LogP contribution in [0.5, 0.6) is 5.75 Å². The third-order valence-electron chi connectivity index (χ3n) is 4.26. The van der Waals surface area contributed by atoms with Crippen LogP contribution in [0.15, 0.2) is 18.2 Å². The van der Waals surface area contributed by atoms with Crippen molar-refractivity contribution in [1.29, 1.82) is 0 Å². The van der Waals surface area contributed by atoms with Gasteiger partial charge in [-0.2, -0.15) is 0 Å². The van der Waals surface area contributed by atoms with Crippen LogP contribution in [0.3, 0.4) is 0 Å². The number of methoxy groups -OCH3 is 1. The lowest BCUT2D eigenvalue weighted by atomic mass is 9.79. The molecule has 0 atom stereocenters. The number of halogens is 2. The summed E-state index contributed by atoms with van der Waals surface area (Å²) >= 11 is 11.9. The molecule has 134 valence electrons. The highest BCUT2D eigenvalue weighted by Crippen LogP contribution is 2.29. The maximum atomic E-state index is 12.1. The van der Waals surface area contributed by atoms with Crippen LogP contribution in [0.4, 0.5) is 0 Å². The Kier molecular flexibility index (Phi) is 7.62. The molecule has 2 N–H and O–H groups in total. The molecule has 0 aromatic heterocycles. The number of hydrogen-bond acceptors (Lipinski definition) is 4. The number of hydrogen-bond donors (Lipinski definition) is 2. The number of nitrogens with one attached hydrogen (secondary N) is 2. The standard InChI is InChI=1S/C17H24Cl2N2O3/c1-23-12-17(5-7-20-8-6-17)11-21-16(22)4-9-24-15-3-2-13(18)10-14(15)19/h2-3,10,20H,4-9,11-12H2,1H3,(H,21,22). The molecule has 0 radical (unpaired) electrons. The first kappa shape index (κ1) is 19.3. The maximum absolute atomic E-state index is 12.1. The predicted octanol–water partition coefficient (Wildman–Crippen LogP) is 2.89. The molecule has 0 unspecified atom stereocenters. The van der Waals surface area contributed by atoms with E-state index in [0.717, 1.165) is 25.9 Å². The molecule has 5 nitrogen and oxygen atoms in total. The van der Waals surface area contributed by atoms with Gasteiger partial charge in [-0.25, -0.2) is 0 Å². The summed E-state index contributed by atoms with van der Waals surface area (Å²) in [6.07, 6.45) is 2.27. The van der Waals surface area contributed by atoms with Crippen LogP contribution >= 0.6 is 23.2 Å². The van der Waals surface area contributed by atoms with Crippen molar-refractivity contribution in [3.63, 3.8) is 0 Å². The number of carbonyl (C=O) groups is 1. The Morgan fingerprint density at radius 3 is 2.75 bits per heavy atom. The van der Waals surface area contributed by atoms with Gasteiger partial charge in [0.25, 0.3) is 0 Å². The van der Waals surface area contributed by atoms with Crippen LogP contribution in [-0.2, 0) is 9.53 Å². The Bertz CT molecular complexity index is 543. The van der Waals surface area contributed by atoms with Gasteiger partial charge in [0.1, 0.15) is 5.75 Å². The number of piperidine rings is 1. The second-order valence-electron chi connectivity index (χ2n) is 6.13. The minimum absolute atomic E-state index is 0.0238. The summed E-state index contributed by atoms with van der Waals surface area (Å²) in [6, 6.07) is 5.02. The van der Waals surface area contributed by atoms with Gasteiger partial charge in [0.2, 0.25) is 5.91 Å². The minimum Gasteiger partial charge on any atom is -0.491 e. The molecule has 1 aliphatic rings. The molecule has 0 aliphatic carbocycles. The molecule has 0 spiro atoms. The van der Waals surface area contributed by atoms with E-state index in [2.05, 4.69) is 10.6 Å². The summed E-state index contributed by atoms with van der Waals surface area (Å²) < 4.78 is 10.9. The summed E-state index contributed by atoms with van der Waals surface area (Å²) in [5.41, 5.74) is 0.0238. The van der Waals surface area contributed by atoms with Crippen molar-refractivity contribution < 1.29 is 14.3 Å². The molecule has 0 bridgehead atoms. The van der Waals surface area contributed by atoms with Gasteiger partial charge < -0.3 is 20.1 Å². The second-order valence-corrected chi connectivity index (χ2v) is 6.98. The van der Waals surface area contributed by atoms with E-state index in [4.69, 9.17) is 32.7 Å². The molecule has 24 heavy (non-hydrogen) atoms. The summed E-state index contributed by atoms with van der Waals surface area (Å²) in [7, 11) is 1.70. The van der Waals surface area contributed by atoms with Crippen LogP contribution in [-0.4, -0.2) is 45.9 Å². The van der Waals surface area contributed by atoms with Crippen LogP contribution in [0.2, 0.25) is 10.0 Å². The number of ether oxygens (including phenoxy) is 2. The quantitative estimate of drug-likeness (QED) is 0.734. The highest BCUT2D eigenvalue weighted by molar-refractivity contribution is 6.35. The van der Waals surface area contributed by atoms with Crippen LogP contribution in [0, 0.1) is 5.41 Å². The zero-order chi connectivity index (χ0) is 17.4. The largest absolute Gasteiger partial charge is 0.491 e. The van der Waals surface area contributed by atoms with Gasteiger partial charge in [0.05, 0.1) is 24.7 Å². The summed E-state index contributed by atoms with van der Waals surface area (Å²) in [5.74, 6) is 0.497. The molecule has 1 saturated heterocycles. The molecule has 7 heteroatoms. The van der Waals surface area contributed by atoms with Crippen LogP contribution in [0.25, 0.3) is 0 Å². The summed E-state index contributed by atoms with van der Waals surface area (Å²) in [6.45, 7) is 3.47. The Labute approximate surface area is 153 Å². The van der Waals surface area contributed by atoms with Gasteiger partial charge in [-0.05, 0) is 44.1 Å². The van der Waals surface area contributed by atoms with E-state index in [1.807, 2.05) is 0 Å². The van der Waals surface area contributed by atoms with Gasteiger partial charge in [-0.3, -0.25) is 4.79 Å². The zero-order valence-electron chi connectivity index (χ0n) is 13.9. The predicted molar refractivity (Wildman–Crippen MR) is 96.0 cm³/mol. The SMILES string of the molecule is COCC1(CNC(=O)CCOc2ccc(Cl)cc2Cl)CCNCC1. The lowest BCUT2D eigenvalue weighted by Gasteiger charge is -2.37. The summed E-state index contributed by atoms with van der Waals surface area (Å²) in [5, 5.41) is 7.34. The molecule has 2 rings (SSSR count). The monoisotopic (exact) mass is 374 g/mol. The lowest BCUT2D eigenvalue weighted by molar-refractivity contribution is -0.122. The van der Waals surface area contributed by atoms with Crippen molar-refractivity contribution in [2.45, 2.75) is 19.3 Å². The molecule has 1 heterocycles. The molecular weight excluding hydrogens is 351 g/mol. The van der Waals surface area contributed by atoms with E-state index < -0.39 is 0 Å². The van der Waals surface area contributed by atoms with Crippen LogP contribution in [0.1, 0.15) is 19.3 Å². The van der Waals surface area contributed by atoms with Crippen molar-refractivity contribution >= 4 is 29.1 Å². The minimum atomic E-state index is -0.0332. The van der Waals surface area contributed by atoms with Crippen molar-refractivity contribution in [3.05, 3.63) is 28.2 Å². The van der Waals surface area contributed by atoms with Crippen molar-refractivity contribution in [1.82, 2.24) is 10.6 Å². The first-order valence-corrected chi connectivity index (χ1v) is 8.84. The van der Waals surface area contributed by atoms with Crippen LogP contribution < -0.4 is 15.4 Å². The zero-order valence-corrected chi connectivity index (χ0v) is 15.4. The fraction of sp³-hybridized carbons (Fsp3) is 0.588. The normalized spacial score (nSPS) is 16.6. The van der Waals surface area contributed by atoms with E-state index in [1.54, 1.807) is 25.3 Å².